The minimum atomic E-state index is -4.76. The van der Waals surface area contributed by atoms with Crippen LogP contribution in [0.5, 0.6) is 15.2 Å². The van der Waals surface area contributed by atoms with Gasteiger partial charge in [-0.3, -0.25) is 34.7 Å². The number of isothiocyanates is 1. The normalized spacial score (nSPS) is 10.8. The topological polar surface area (TPSA) is 200 Å². The van der Waals surface area contributed by atoms with Crippen molar-refractivity contribution in [1.82, 2.24) is 19.9 Å². The van der Waals surface area contributed by atoms with Crippen LogP contribution in [0.25, 0.3) is 81.4 Å². The number of carbonyl (C=O) groups excluding carboxylic acids is 3. The Hall–Kier alpha value is -6.77. The number of carbonyl (C=O) groups is 3. The zero-order valence-corrected chi connectivity index (χ0v) is 43.3. The van der Waals surface area contributed by atoms with Crippen molar-refractivity contribution < 1.29 is 61.2 Å². The molecule has 0 aliphatic heterocycles. The Balaban J connectivity index is 0.000000276. The fourth-order valence-corrected chi connectivity index (χ4v) is 10.1. The molecule has 0 saturated heterocycles. The summed E-state index contributed by atoms with van der Waals surface area (Å²) in [5.74, 6) is 0. The Bertz CT molecular complexity index is 3070. The van der Waals surface area contributed by atoms with Gasteiger partial charge in [0.15, 0.2) is 15.2 Å². The van der Waals surface area contributed by atoms with Gasteiger partial charge in [0.1, 0.15) is 5.71 Å². The molecular weight excluding hydrogens is 1110 g/mol. The van der Waals surface area contributed by atoms with E-state index < -0.39 is 17.6 Å². The molecule has 0 atom stereocenters. The number of alkyl halides is 3. The summed E-state index contributed by atoms with van der Waals surface area (Å²) in [5.41, 5.74) is 13.1. The fraction of sp³-hybridized carbons (Fsp3) is 0.140. The zero-order valence-electron chi connectivity index (χ0n) is 37.5. The van der Waals surface area contributed by atoms with Crippen molar-refractivity contribution in [1.29, 1.82) is 5.41 Å². The van der Waals surface area contributed by atoms with Crippen molar-refractivity contribution >= 4 is 93.6 Å². The number of nitrogens with one attached hydrogen (secondary N) is 2. The number of aromatic nitrogens is 4. The van der Waals surface area contributed by atoms with Crippen LogP contribution in [-0.4, -0.2) is 56.4 Å². The largest absolute Gasteiger partial charge is 2.00 e. The molecule has 0 aliphatic rings. The predicted molar refractivity (Wildman–Crippen MR) is 278 cm³/mol. The minimum Gasteiger partial charge on any atom is -0.753 e. The number of rotatable bonds is 19. The van der Waals surface area contributed by atoms with E-state index in [9.17, 15) is 27.6 Å². The Morgan fingerprint density at radius 3 is 1.65 bits per heavy atom. The molecule has 0 aromatic carbocycles. The minimum absolute atomic E-state index is 0. The standard InChI is InChI=1S/C30H17N3O6S3.C19H21F3N3S.CNS.Ru/c34-15-37-28-4-1-25(40-28)18-7-9-31-21(11-18)23-13-20(27-3-6-30(42-27)39-17-36)14-24(33-23)22-12-19(8-10-32-22)26-2-5-29(41-26)38-16-35;1-2-3-4-5-6-13-8-10-26-18(13)14-7-9-25-16(11-14)15(23)12-17(24)19(20,21)22;2-1-3;/h1-17H;7-12,23-24H,2-6H2,1H3;;/q;2*-1;+2/b;15-12-,24-17?;;. The van der Waals surface area contributed by atoms with Gasteiger partial charge in [-0.15, -0.1) is 17.0 Å². The quantitative estimate of drug-likeness (QED) is 0.0265. The first-order valence-electron chi connectivity index (χ1n) is 21.1. The first-order valence-corrected chi connectivity index (χ1v) is 24.8. The number of aryl methyl sites for hydroxylation is 1. The van der Waals surface area contributed by atoms with Crippen molar-refractivity contribution in [2.75, 3.05) is 0 Å². The number of unbranched alkanes of at least 4 members (excludes halogenated alkanes) is 3. The molecule has 8 heterocycles. The van der Waals surface area contributed by atoms with Crippen molar-refractivity contribution in [3.63, 3.8) is 0 Å². The number of thiocarbonyl (C=S) groups is 1. The number of allylic oxidation sites excluding steroid dienone is 1. The summed E-state index contributed by atoms with van der Waals surface area (Å²) in [7, 11) is 0. The molecule has 0 amide bonds. The Morgan fingerprint density at radius 2 is 1.17 bits per heavy atom. The third-order valence-electron chi connectivity index (χ3n) is 9.90. The summed E-state index contributed by atoms with van der Waals surface area (Å²) < 4.78 is 52.4. The average Bonchev–Trinajstić information content (AvgIpc) is 4.23. The van der Waals surface area contributed by atoms with E-state index in [2.05, 4.69) is 40.2 Å². The first-order chi connectivity index (χ1) is 34.4. The van der Waals surface area contributed by atoms with Gasteiger partial charge in [0.25, 0.3) is 19.4 Å². The molecule has 0 fully saturated rings. The Labute approximate surface area is 445 Å². The van der Waals surface area contributed by atoms with Crippen LogP contribution in [0.1, 0.15) is 43.9 Å². The molecule has 8 rings (SSSR count). The molecule has 0 radical (unpaired) electrons. The predicted octanol–water partition coefficient (Wildman–Crippen LogP) is 14.6. The van der Waals surface area contributed by atoms with Crippen LogP contribution in [0.2, 0.25) is 0 Å². The first kappa shape index (κ1) is 56.2. The molecule has 13 nitrogen and oxygen atoms in total. The van der Waals surface area contributed by atoms with E-state index in [-0.39, 0.29) is 25.2 Å². The van der Waals surface area contributed by atoms with E-state index >= 15 is 0 Å². The van der Waals surface area contributed by atoms with Crippen LogP contribution in [0, 0.1) is 5.41 Å². The smallest absolute Gasteiger partial charge is 0.753 e. The summed E-state index contributed by atoms with van der Waals surface area (Å²) in [5, 5.41) is 18.9. The molecule has 0 saturated carbocycles. The van der Waals surface area contributed by atoms with E-state index in [1.807, 2.05) is 60.0 Å². The van der Waals surface area contributed by atoms with Gasteiger partial charge >= 0.3 is 25.7 Å². The number of halogens is 3. The van der Waals surface area contributed by atoms with Gasteiger partial charge < -0.3 is 25.4 Å². The number of nitrogens with zero attached hydrogens (tertiary/aromatic N) is 5. The monoisotopic (exact) mass is 1150 g/mol. The van der Waals surface area contributed by atoms with E-state index in [0.717, 1.165) is 54.6 Å². The van der Waals surface area contributed by atoms with Crippen LogP contribution >= 0.6 is 57.6 Å². The summed E-state index contributed by atoms with van der Waals surface area (Å²) in [4.78, 5) is 54.2. The van der Waals surface area contributed by atoms with Crippen molar-refractivity contribution in [3.05, 3.63) is 143 Å². The summed E-state index contributed by atoms with van der Waals surface area (Å²) >= 11 is 9.30. The molecule has 8 aromatic heterocycles. The maximum Gasteiger partial charge on any atom is 2.00 e. The molecule has 0 aliphatic carbocycles. The van der Waals surface area contributed by atoms with Gasteiger partial charge in [-0.1, -0.05) is 72.4 Å². The molecule has 2 N–H and O–H groups in total. The van der Waals surface area contributed by atoms with Crippen LogP contribution in [0.3, 0.4) is 0 Å². The summed E-state index contributed by atoms with van der Waals surface area (Å²) in [6.45, 7) is 3.37. The second kappa shape index (κ2) is 27.7. The van der Waals surface area contributed by atoms with Crippen molar-refractivity contribution in [2.45, 2.75) is 45.2 Å². The van der Waals surface area contributed by atoms with Gasteiger partial charge in [0, 0.05) is 43.8 Å². The van der Waals surface area contributed by atoms with Gasteiger partial charge in [-0.05, 0) is 143 Å². The van der Waals surface area contributed by atoms with Crippen LogP contribution in [0.4, 0.5) is 13.2 Å². The van der Waals surface area contributed by atoms with Crippen molar-refractivity contribution in [2.24, 2.45) is 0 Å². The van der Waals surface area contributed by atoms with Gasteiger partial charge in [-0.25, -0.2) is 4.98 Å². The van der Waals surface area contributed by atoms with E-state index in [1.165, 1.54) is 70.2 Å². The van der Waals surface area contributed by atoms with Gasteiger partial charge in [0.2, 0.25) is 0 Å². The second-order valence-corrected chi connectivity index (χ2v) is 18.8. The van der Waals surface area contributed by atoms with Crippen LogP contribution in [0.15, 0.2) is 121 Å². The number of ether oxygens (including phenoxy) is 3. The zero-order chi connectivity index (χ0) is 50.8. The SMILES string of the molecule is CCCCCCc1ccsc1-c1ccnc(/C([NH-])=C/C(=N)C(F)(F)F)c1.O=COc1ccc(-c2ccnc(-c3cc(-c4ccc(OC=O)s4)cc(-c4cc(-c5ccc(OC=O)s5)ccn4)n3)c2)s1.[N-]=C=S.[Ru+2]. The van der Waals surface area contributed by atoms with Crippen LogP contribution < -0.4 is 14.2 Å². The third-order valence-corrected chi connectivity index (χ3v) is 14.0. The fourth-order valence-electron chi connectivity index (χ4n) is 6.69. The van der Waals surface area contributed by atoms with Gasteiger partial charge in [-0.2, -0.15) is 18.3 Å². The second-order valence-electron chi connectivity index (χ2n) is 14.6. The molecule has 0 unspecified atom stereocenters. The van der Waals surface area contributed by atoms with E-state index in [0.29, 0.717) is 63.5 Å². The number of pyridine rings is 4. The van der Waals surface area contributed by atoms with Crippen molar-refractivity contribution in [3.8, 4) is 79.7 Å². The maximum atomic E-state index is 12.5. The molecule has 8 aromatic rings. The number of hydrogen-bond donors (Lipinski definition) is 1. The third kappa shape index (κ3) is 15.6. The molecule has 0 bridgehead atoms. The molecule has 368 valence electrons. The molecule has 0 spiro atoms. The molecule has 72 heavy (non-hydrogen) atoms. The summed E-state index contributed by atoms with van der Waals surface area (Å²) in [6.07, 6.45) is 6.24. The Morgan fingerprint density at radius 1 is 0.694 bits per heavy atom. The van der Waals surface area contributed by atoms with E-state index in [1.54, 1.807) is 54.1 Å². The number of hydrogen-bond acceptors (Lipinski definition) is 16. The van der Waals surface area contributed by atoms with Crippen LogP contribution in [-0.2, 0) is 40.3 Å². The van der Waals surface area contributed by atoms with Gasteiger partial charge in [0.05, 0.1) is 22.8 Å². The molecule has 22 heteroatoms. The summed E-state index contributed by atoms with van der Waals surface area (Å²) in [6, 6.07) is 27.8. The maximum absolute atomic E-state index is 12.5. The average molecular weight is 1150 g/mol. The Kier molecular flexibility index (Phi) is 21.6. The number of thiophene rings is 4. The molecular formula is C50H38F3N7O6RuS5. The van der Waals surface area contributed by atoms with E-state index in [4.69, 9.17) is 35.7 Å².